The zero-order chi connectivity index (χ0) is 21.6. The first-order chi connectivity index (χ1) is 15.2. The molecule has 0 radical (unpaired) electrons. The third kappa shape index (κ3) is 4.53. The van der Waals surface area contributed by atoms with Gasteiger partial charge in [0.05, 0.1) is 30.8 Å². The van der Waals surface area contributed by atoms with Crippen molar-refractivity contribution in [2.24, 2.45) is 0 Å². The van der Waals surface area contributed by atoms with Gasteiger partial charge in [0, 0.05) is 43.9 Å². The van der Waals surface area contributed by atoms with E-state index in [9.17, 15) is 9.90 Å². The van der Waals surface area contributed by atoms with Crippen LogP contribution in [0.25, 0.3) is 16.9 Å². The van der Waals surface area contributed by atoms with Crippen LogP contribution < -0.4 is 10.1 Å². The van der Waals surface area contributed by atoms with Gasteiger partial charge in [0.1, 0.15) is 0 Å². The van der Waals surface area contributed by atoms with E-state index in [1.807, 2.05) is 10.8 Å². The van der Waals surface area contributed by atoms with Crippen LogP contribution in [-0.2, 0) is 6.54 Å². The number of hydrogen-bond acceptors (Lipinski definition) is 7. The van der Waals surface area contributed by atoms with Crippen LogP contribution in [0.2, 0.25) is 0 Å². The summed E-state index contributed by atoms with van der Waals surface area (Å²) in [6.07, 6.45) is 10.7. The van der Waals surface area contributed by atoms with Crippen LogP contribution in [0.5, 0.6) is 11.8 Å². The predicted molar refractivity (Wildman–Crippen MR) is 112 cm³/mol. The monoisotopic (exact) mass is 419 g/mol. The Balaban J connectivity index is 1.41. The van der Waals surface area contributed by atoms with E-state index in [2.05, 4.69) is 25.4 Å². The van der Waals surface area contributed by atoms with Crippen molar-refractivity contribution in [2.45, 2.75) is 13.0 Å². The molecule has 0 bridgehead atoms. The van der Waals surface area contributed by atoms with Crippen molar-refractivity contribution in [2.75, 3.05) is 13.7 Å². The number of carbonyl (C=O) groups excluding carboxylic acids is 1. The molecule has 4 heterocycles. The highest BCUT2D eigenvalue weighted by Crippen LogP contribution is 2.31. The van der Waals surface area contributed by atoms with Crippen molar-refractivity contribution in [3.63, 3.8) is 0 Å². The van der Waals surface area contributed by atoms with Gasteiger partial charge in [0.25, 0.3) is 5.91 Å². The molecule has 158 valence electrons. The van der Waals surface area contributed by atoms with Crippen LogP contribution in [0.4, 0.5) is 0 Å². The van der Waals surface area contributed by atoms with Gasteiger partial charge < -0.3 is 19.7 Å². The molecule has 10 heteroatoms. The van der Waals surface area contributed by atoms with Crippen LogP contribution in [-0.4, -0.2) is 54.0 Å². The Morgan fingerprint density at radius 3 is 2.84 bits per heavy atom. The average Bonchev–Trinajstić information content (AvgIpc) is 3.46. The number of rotatable bonds is 8. The fraction of sp³-hybridized carbons (Fsp3) is 0.190. The Hall–Kier alpha value is -4.21. The van der Waals surface area contributed by atoms with E-state index in [4.69, 9.17) is 4.74 Å². The minimum Gasteiger partial charge on any atom is -0.493 e. The number of hydrogen-bond donors (Lipinski definition) is 2. The minimum atomic E-state index is -0.209. The van der Waals surface area contributed by atoms with Gasteiger partial charge in [-0.05, 0) is 30.2 Å². The molecule has 1 amide bonds. The Labute approximate surface area is 178 Å². The van der Waals surface area contributed by atoms with Crippen molar-refractivity contribution >= 4 is 5.91 Å². The lowest BCUT2D eigenvalue weighted by atomic mass is 10.1. The summed E-state index contributed by atoms with van der Waals surface area (Å²) >= 11 is 0. The fourth-order valence-corrected chi connectivity index (χ4v) is 3.03. The predicted octanol–water partition coefficient (Wildman–Crippen LogP) is 2.06. The number of aromatic hydroxyl groups is 1. The maximum Gasteiger partial charge on any atom is 0.252 e. The summed E-state index contributed by atoms with van der Waals surface area (Å²) in [7, 11) is 1.52. The normalized spacial score (nSPS) is 10.7. The molecule has 0 aliphatic carbocycles. The van der Waals surface area contributed by atoms with Gasteiger partial charge in [-0.25, -0.2) is 15.0 Å². The second-order valence-corrected chi connectivity index (χ2v) is 6.70. The number of carbonyl (C=O) groups is 1. The molecule has 0 saturated heterocycles. The van der Waals surface area contributed by atoms with Crippen LogP contribution in [0, 0.1) is 0 Å². The standard InChI is InChI=1S/C21H21N7O3/c1-31-19-11-15(5-7-23-19)17-13-26-28(21(17)30)18-4-3-16(12-25-18)20(29)24-6-2-9-27-10-8-22-14-27/h3-5,7-8,10-14,30H,2,6,9H2,1H3,(H,24,29). The number of aryl methyl sites for hydroxylation is 1. The third-order valence-electron chi connectivity index (χ3n) is 4.66. The maximum absolute atomic E-state index is 12.3. The summed E-state index contributed by atoms with van der Waals surface area (Å²) in [6.45, 7) is 1.32. The first-order valence-electron chi connectivity index (χ1n) is 9.63. The van der Waals surface area contributed by atoms with E-state index in [1.54, 1.807) is 43.0 Å². The molecule has 10 nitrogen and oxygen atoms in total. The van der Waals surface area contributed by atoms with Gasteiger partial charge in [0.2, 0.25) is 11.8 Å². The van der Waals surface area contributed by atoms with Crippen LogP contribution in [0.3, 0.4) is 0 Å². The molecule has 4 rings (SSSR count). The second-order valence-electron chi connectivity index (χ2n) is 6.70. The zero-order valence-corrected chi connectivity index (χ0v) is 16.8. The van der Waals surface area contributed by atoms with Gasteiger partial charge in [0.15, 0.2) is 5.82 Å². The Morgan fingerprint density at radius 1 is 1.19 bits per heavy atom. The molecule has 0 atom stereocenters. The summed E-state index contributed by atoms with van der Waals surface area (Å²) in [5, 5.41) is 17.7. The molecule has 2 N–H and O–H groups in total. The van der Waals surface area contributed by atoms with Crippen LogP contribution in [0.15, 0.2) is 61.6 Å². The topological polar surface area (TPSA) is 120 Å². The second kappa shape index (κ2) is 9.08. The van der Waals surface area contributed by atoms with Crippen LogP contribution in [0.1, 0.15) is 16.8 Å². The van der Waals surface area contributed by atoms with E-state index >= 15 is 0 Å². The van der Waals surface area contributed by atoms with E-state index in [0.29, 0.717) is 34.9 Å². The van der Waals surface area contributed by atoms with Crippen molar-refractivity contribution in [1.82, 2.24) is 34.6 Å². The van der Waals surface area contributed by atoms with E-state index < -0.39 is 0 Å². The summed E-state index contributed by atoms with van der Waals surface area (Å²) in [4.78, 5) is 24.6. The maximum atomic E-state index is 12.3. The zero-order valence-electron chi connectivity index (χ0n) is 16.8. The summed E-state index contributed by atoms with van der Waals surface area (Å²) in [5.41, 5.74) is 1.65. The van der Waals surface area contributed by atoms with Crippen molar-refractivity contribution in [3.8, 4) is 28.7 Å². The number of methoxy groups -OCH3 is 1. The van der Waals surface area contributed by atoms with E-state index in [0.717, 1.165) is 13.0 Å². The SMILES string of the molecule is COc1cc(-c2cnn(-c3ccc(C(=O)NCCCn4ccnc4)cn3)c2O)ccn1. The molecular formula is C21H21N7O3. The number of ether oxygens (including phenoxy) is 1. The molecular weight excluding hydrogens is 398 g/mol. The molecule has 0 aliphatic rings. The fourth-order valence-electron chi connectivity index (χ4n) is 3.03. The lowest BCUT2D eigenvalue weighted by Gasteiger charge is -2.07. The Bertz CT molecular complexity index is 1150. The lowest BCUT2D eigenvalue weighted by molar-refractivity contribution is 0.0952. The van der Waals surface area contributed by atoms with Gasteiger partial charge >= 0.3 is 0 Å². The highest BCUT2D eigenvalue weighted by atomic mass is 16.5. The quantitative estimate of drug-likeness (QED) is 0.420. The van der Waals surface area contributed by atoms with Crippen molar-refractivity contribution in [1.29, 1.82) is 0 Å². The summed E-state index contributed by atoms with van der Waals surface area (Å²) < 4.78 is 8.38. The third-order valence-corrected chi connectivity index (χ3v) is 4.66. The highest BCUT2D eigenvalue weighted by Gasteiger charge is 2.15. The summed E-state index contributed by atoms with van der Waals surface area (Å²) in [5.74, 6) is 0.543. The number of aromatic nitrogens is 6. The molecule has 0 fully saturated rings. The molecule has 0 unspecified atom stereocenters. The van der Waals surface area contributed by atoms with Crippen LogP contribution >= 0.6 is 0 Å². The van der Waals surface area contributed by atoms with Gasteiger partial charge in [-0.3, -0.25) is 4.79 Å². The number of pyridine rings is 2. The van der Waals surface area contributed by atoms with Crippen molar-refractivity contribution < 1.29 is 14.6 Å². The first-order valence-corrected chi connectivity index (χ1v) is 9.63. The number of imidazole rings is 1. The van der Waals surface area contributed by atoms with E-state index in [1.165, 1.54) is 24.2 Å². The largest absolute Gasteiger partial charge is 0.493 e. The number of amides is 1. The molecule has 0 spiro atoms. The van der Waals surface area contributed by atoms with Gasteiger partial charge in [-0.2, -0.15) is 9.78 Å². The first kappa shape index (κ1) is 20.1. The molecule has 31 heavy (non-hydrogen) atoms. The smallest absolute Gasteiger partial charge is 0.252 e. The lowest BCUT2D eigenvalue weighted by Crippen LogP contribution is -2.25. The average molecular weight is 419 g/mol. The molecule has 4 aromatic rings. The molecule has 4 aromatic heterocycles. The number of nitrogens with zero attached hydrogens (tertiary/aromatic N) is 6. The summed E-state index contributed by atoms with van der Waals surface area (Å²) in [6, 6.07) is 6.72. The number of nitrogens with one attached hydrogen (secondary N) is 1. The van der Waals surface area contributed by atoms with Gasteiger partial charge in [-0.1, -0.05) is 0 Å². The minimum absolute atomic E-state index is 0.0718. The van der Waals surface area contributed by atoms with Crippen molar-refractivity contribution in [3.05, 3.63) is 67.1 Å². The Kier molecular flexibility index (Phi) is 5.88. The highest BCUT2D eigenvalue weighted by molar-refractivity contribution is 5.93. The Morgan fingerprint density at radius 2 is 2.10 bits per heavy atom. The van der Waals surface area contributed by atoms with E-state index in [-0.39, 0.29) is 11.8 Å². The molecule has 0 saturated carbocycles. The molecule has 0 aromatic carbocycles. The molecule has 0 aliphatic heterocycles. The van der Waals surface area contributed by atoms with Gasteiger partial charge in [-0.15, -0.1) is 0 Å².